The van der Waals surface area contributed by atoms with Crippen molar-refractivity contribution in [2.24, 2.45) is 0 Å². The van der Waals surface area contributed by atoms with Crippen LogP contribution < -0.4 is 18.9 Å². The molecule has 0 heterocycles. The molecule has 6 heteroatoms. The lowest BCUT2D eigenvalue weighted by molar-refractivity contribution is 0.364. The monoisotopic (exact) mass is 306 g/mol. The van der Waals surface area contributed by atoms with Crippen LogP contribution in [-0.2, 0) is 0 Å². The summed E-state index contributed by atoms with van der Waals surface area (Å²) in [5.41, 5.74) is 1.26. The van der Waals surface area contributed by atoms with E-state index in [9.17, 15) is 10.2 Å². The first-order valence-electron chi connectivity index (χ1n) is 6.46. The summed E-state index contributed by atoms with van der Waals surface area (Å²) < 4.78 is 20.9. The van der Waals surface area contributed by atoms with Crippen molar-refractivity contribution in [3.63, 3.8) is 0 Å². The molecule has 22 heavy (non-hydrogen) atoms. The quantitative estimate of drug-likeness (QED) is 0.884. The fourth-order valence-corrected chi connectivity index (χ4v) is 2.18. The lowest BCUT2D eigenvalue weighted by Crippen LogP contribution is -1.95. The summed E-state index contributed by atoms with van der Waals surface area (Å²) in [6.07, 6.45) is 0. The number of ether oxygens (including phenoxy) is 4. The van der Waals surface area contributed by atoms with Crippen LogP contribution in [0, 0.1) is 0 Å². The Morgan fingerprint density at radius 2 is 0.864 bits per heavy atom. The fourth-order valence-electron chi connectivity index (χ4n) is 2.18. The minimum atomic E-state index is -0.0344. The molecule has 0 aliphatic rings. The van der Waals surface area contributed by atoms with Crippen LogP contribution in [0.2, 0.25) is 0 Å². The van der Waals surface area contributed by atoms with E-state index in [2.05, 4.69) is 0 Å². The number of benzene rings is 2. The van der Waals surface area contributed by atoms with Crippen molar-refractivity contribution >= 4 is 0 Å². The van der Waals surface area contributed by atoms with E-state index in [1.54, 1.807) is 12.1 Å². The van der Waals surface area contributed by atoms with Crippen molar-refractivity contribution in [1.29, 1.82) is 0 Å². The molecular formula is C16H18O6. The van der Waals surface area contributed by atoms with Crippen molar-refractivity contribution < 1.29 is 29.2 Å². The lowest BCUT2D eigenvalue weighted by Gasteiger charge is -2.16. The van der Waals surface area contributed by atoms with E-state index >= 15 is 0 Å². The van der Waals surface area contributed by atoms with Crippen molar-refractivity contribution in [3.05, 3.63) is 24.3 Å². The zero-order valence-electron chi connectivity index (χ0n) is 12.8. The van der Waals surface area contributed by atoms with Gasteiger partial charge >= 0.3 is 0 Å². The molecule has 118 valence electrons. The third-order valence-electron chi connectivity index (χ3n) is 3.29. The molecule has 0 saturated heterocycles. The van der Waals surface area contributed by atoms with E-state index in [-0.39, 0.29) is 11.5 Å². The Morgan fingerprint density at radius 1 is 0.545 bits per heavy atom. The molecule has 0 aromatic heterocycles. The average Bonchev–Trinajstić information content (AvgIpc) is 2.54. The van der Waals surface area contributed by atoms with Gasteiger partial charge in [-0.1, -0.05) is 0 Å². The number of hydrogen-bond acceptors (Lipinski definition) is 6. The standard InChI is InChI=1S/C16H18O6/c1-19-13-7-11(17)15(21-3)5-9(13)10-6-16(22-4)12(18)8-14(10)20-2/h5-8,17-18H,1-4H3. The van der Waals surface area contributed by atoms with Gasteiger partial charge in [0.1, 0.15) is 11.5 Å². The SMILES string of the molecule is COc1cc(-c2cc(OC)c(O)cc2OC)c(OC)cc1O. The number of rotatable bonds is 5. The molecule has 0 atom stereocenters. The Kier molecular flexibility index (Phi) is 4.50. The molecule has 0 saturated carbocycles. The van der Waals surface area contributed by atoms with Gasteiger partial charge < -0.3 is 29.2 Å². The normalized spacial score (nSPS) is 10.2. The third kappa shape index (κ3) is 2.67. The maximum atomic E-state index is 9.86. The van der Waals surface area contributed by atoms with Crippen LogP contribution in [0.4, 0.5) is 0 Å². The molecule has 0 radical (unpaired) electrons. The van der Waals surface area contributed by atoms with Crippen LogP contribution in [0.3, 0.4) is 0 Å². The second-order valence-corrected chi connectivity index (χ2v) is 4.45. The van der Waals surface area contributed by atoms with Crippen molar-refractivity contribution in [2.75, 3.05) is 28.4 Å². The Morgan fingerprint density at radius 3 is 1.14 bits per heavy atom. The predicted molar refractivity (Wildman–Crippen MR) is 81.4 cm³/mol. The maximum Gasteiger partial charge on any atom is 0.161 e. The van der Waals surface area contributed by atoms with Crippen molar-refractivity contribution in [2.45, 2.75) is 0 Å². The largest absolute Gasteiger partial charge is 0.504 e. The highest BCUT2D eigenvalue weighted by Crippen LogP contribution is 2.46. The predicted octanol–water partition coefficient (Wildman–Crippen LogP) is 2.80. The minimum Gasteiger partial charge on any atom is -0.504 e. The number of phenolic OH excluding ortho intramolecular Hbond substituents is 2. The number of aromatic hydroxyl groups is 2. The van der Waals surface area contributed by atoms with Crippen LogP contribution in [0.1, 0.15) is 0 Å². The molecule has 0 bridgehead atoms. The first kappa shape index (κ1) is 15.6. The highest BCUT2D eigenvalue weighted by molar-refractivity contribution is 5.80. The molecule has 2 rings (SSSR count). The summed E-state index contributed by atoms with van der Waals surface area (Å²) in [5, 5.41) is 19.7. The zero-order valence-corrected chi connectivity index (χ0v) is 12.8. The summed E-state index contributed by atoms with van der Waals surface area (Å²) in [5.74, 6) is 1.39. The maximum absolute atomic E-state index is 9.86. The van der Waals surface area contributed by atoms with Crippen LogP contribution in [0.15, 0.2) is 24.3 Å². The summed E-state index contributed by atoms with van der Waals surface area (Å²) in [7, 11) is 5.91. The molecule has 0 aliphatic carbocycles. The molecule has 6 nitrogen and oxygen atoms in total. The van der Waals surface area contributed by atoms with Gasteiger partial charge in [0.25, 0.3) is 0 Å². The minimum absolute atomic E-state index is 0.0344. The number of phenols is 2. The van der Waals surface area contributed by atoms with E-state index in [1.165, 1.54) is 40.6 Å². The van der Waals surface area contributed by atoms with Gasteiger partial charge in [0, 0.05) is 23.3 Å². The Balaban J connectivity index is 2.74. The van der Waals surface area contributed by atoms with Crippen LogP contribution in [0.5, 0.6) is 34.5 Å². The van der Waals surface area contributed by atoms with E-state index in [4.69, 9.17) is 18.9 Å². The molecule has 2 N–H and O–H groups in total. The van der Waals surface area contributed by atoms with Gasteiger partial charge in [-0.05, 0) is 12.1 Å². The molecule has 2 aromatic carbocycles. The Hall–Kier alpha value is -2.76. The van der Waals surface area contributed by atoms with Gasteiger partial charge in [0.15, 0.2) is 23.0 Å². The van der Waals surface area contributed by atoms with Gasteiger partial charge in [0.05, 0.1) is 28.4 Å². The van der Waals surface area contributed by atoms with Crippen LogP contribution >= 0.6 is 0 Å². The first-order chi connectivity index (χ1) is 10.5. The molecule has 0 unspecified atom stereocenters. The second-order valence-electron chi connectivity index (χ2n) is 4.45. The van der Waals surface area contributed by atoms with Gasteiger partial charge in [0.2, 0.25) is 0 Å². The van der Waals surface area contributed by atoms with Crippen molar-refractivity contribution in [3.8, 4) is 45.6 Å². The Labute approximate surface area is 128 Å². The number of hydrogen-bond donors (Lipinski definition) is 2. The highest BCUT2D eigenvalue weighted by Gasteiger charge is 2.18. The molecule has 0 fully saturated rings. The molecular weight excluding hydrogens is 288 g/mol. The van der Waals surface area contributed by atoms with Crippen LogP contribution in [-0.4, -0.2) is 38.7 Å². The summed E-state index contributed by atoms with van der Waals surface area (Å²) in [6.45, 7) is 0. The molecule has 0 aliphatic heterocycles. The van der Waals surface area contributed by atoms with Crippen LogP contribution in [0.25, 0.3) is 11.1 Å². The van der Waals surface area contributed by atoms with Gasteiger partial charge in [-0.2, -0.15) is 0 Å². The Bertz CT molecular complexity index is 621. The second kappa shape index (κ2) is 6.34. The van der Waals surface area contributed by atoms with E-state index in [1.807, 2.05) is 0 Å². The lowest BCUT2D eigenvalue weighted by atomic mass is 10.0. The summed E-state index contributed by atoms with van der Waals surface area (Å²) in [6, 6.07) is 6.16. The smallest absolute Gasteiger partial charge is 0.161 e. The molecule has 2 aromatic rings. The third-order valence-corrected chi connectivity index (χ3v) is 3.29. The van der Waals surface area contributed by atoms with E-state index in [0.717, 1.165) is 0 Å². The first-order valence-corrected chi connectivity index (χ1v) is 6.46. The van der Waals surface area contributed by atoms with Gasteiger partial charge in [-0.3, -0.25) is 0 Å². The van der Waals surface area contributed by atoms with Crippen molar-refractivity contribution in [1.82, 2.24) is 0 Å². The van der Waals surface area contributed by atoms with Gasteiger partial charge in [-0.25, -0.2) is 0 Å². The topological polar surface area (TPSA) is 77.4 Å². The number of methoxy groups -OCH3 is 4. The molecule has 0 amide bonds. The zero-order chi connectivity index (χ0) is 16.3. The van der Waals surface area contributed by atoms with E-state index in [0.29, 0.717) is 34.1 Å². The summed E-state index contributed by atoms with van der Waals surface area (Å²) in [4.78, 5) is 0. The van der Waals surface area contributed by atoms with Gasteiger partial charge in [-0.15, -0.1) is 0 Å². The van der Waals surface area contributed by atoms with E-state index < -0.39 is 0 Å². The average molecular weight is 306 g/mol. The fraction of sp³-hybridized carbons (Fsp3) is 0.250. The highest BCUT2D eigenvalue weighted by atomic mass is 16.5. The molecule has 0 spiro atoms. The summed E-state index contributed by atoms with van der Waals surface area (Å²) >= 11 is 0.